The molecule has 0 aromatic rings. The van der Waals surface area contributed by atoms with E-state index in [2.05, 4.69) is 0 Å². The number of carbonyl (C=O) groups is 1. The molecule has 0 unspecified atom stereocenters. The Bertz CT molecular complexity index is 37.9. The van der Waals surface area contributed by atoms with Gasteiger partial charge in [0.25, 0.3) is 0 Å². The van der Waals surface area contributed by atoms with Crippen LogP contribution in [-0.4, -0.2) is 43.9 Å². The van der Waals surface area contributed by atoms with Gasteiger partial charge in [0.05, 0.1) is 0 Å². The second-order valence-electron chi connectivity index (χ2n) is 0.250. The van der Waals surface area contributed by atoms with E-state index < -0.39 is 6.16 Å². The summed E-state index contributed by atoms with van der Waals surface area (Å²) in [6.07, 6.45) is -2.33. The first-order valence-electron chi connectivity index (χ1n) is 0.612. The zero-order chi connectivity index (χ0) is 3.58. The van der Waals surface area contributed by atoms with Gasteiger partial charge >= 0.3 is 54.8 Å². The number of hydrogen-bond donors (Lipinski definition) is 0. The van der Waals surface area contributed by atoms with E-state index in [1.807, 2.05) is 0 Å². The summed E-state index contributed by atoms with van der Waals surface area (Å²) in [5.74, 6) is 0. The van der Waals surface area contributed by atoms with Crippen molar-refractivity contribution in [3.8, 4) is 0 Å². The molecule has 0 saturated heterocycles. The fraction of sp³-hybridized carbons (Fsp3) is 0. The van der Waals surface area contributed by atoms with E-state index in [-0.39, 0.29) is 67.2 Å². The van der Waals surface area contributed by atoms with Gasteiger partial charge in [-0.2, -0.15) is 0 Å². The summed E-state index contributed by atoms with van der Waals surface area (Å²) in [7, 11) is 0. The van der Waals surface area contributed by atoms with Crippen LogP contribution < -0.4 is 22.6 Å². The quantitative estimate of drug-likeness (QED) is 0.358. The fourth-order valence-corrected chi connectivity index (χ4v) is 0. The van der Waals surface area contributed by atoms with Crippen LogP contribution in [0.3, 0.4) is 0 Å². The Morgan fingerprint density at radius 1 is 1.29 bits per heavy atom. The predicted molar refractivity (Wildman–Crippen MR) is 11.1 cm³/mol. The summed E-state index contributed by atoms with van der Waals surface area (Å²) >= 11 is 0. The van der Waals surface area contributed by atoms with Crippen molar-refractivity contribution in [1.82, 2.24) is 0 Å². The van der Waals surface area contributed by atoms with E-state index in [4.69, 9.17) is 15.0 Å². The van der Waals surface area contributed by atoms with Crippen LogP contribution in [0.25, 0.3) is 0 Å². The smallest absolute Gasteiger partial charge is 1.00 e. The number of halogens is 1. The zero-order valence-corrected chi connectivity index (χ0v) is 7.33. The van der Waals surface area contributed by atoms with Crippen molar-refractivity contribution >= 4 is 43.9 Å². The summed E-state index contributed by atoms with van der Waals surface area (Å²) < 4.78 is 0. The molecular weight excluding hydrogens is 190 g/mol. The molecular formula is CCaClMnO3+. The van der Waals surface area contributed by atoms with Crippen molar-refractivity contribution in [2.75, 3.05) is 0 Å². The molecule has 6 heteroatoms. The maximum atomic E-state index is 8.33. The third-order valence-corrected chi connectivity index (χ3v) is 0. The molecule has 0 amide bonds. The Hall–Kier alpha value is 1.34. The van der Waals surface area contributed by atoms with Crippen molar-refractivity contribution < 1.29 is 44.5 Å². The molecule has 0 spiro atoms. The summed E-state index contributed by atoms with van der Waals surface area (Å²) in [6.45, 7) is 0. The largest absolute Gasteiger partial charge is 2.00 e. The number of hydrogen-bond acceptors (Lipinski definition) is 3. The molecule has 0 aliphatic rings. The molecule has 0 saturated carbocycles. The topological polar surface area (TPSA) is 63.2 Å². The van der Waals surface area contributed by atoms with E-state index >= 15 is 0 Å². The van der Waals surface area contributed by atoms with Gasteiger partial charge in [0.15, 0.2) is 0 Å². The third-order valence-electron chi connectivity index (χ3n) is 0. The number of rotatable bonds is 0. The maximum Gasteiger partial charge on any atom is 2.00 e. The molecule has 0 aliphatic carbocycles. The SMILES string of the molecule is O=C([O-])[O-].[Ca+2].[Cl-].[Mn+2]. The van der Waals surface area contributed by atoms with E-state index in [1.165, 1.54) is 0 Å². The second kappa shape index (κ2) is 15.7. The Kier molecular flexibility index (Phi) is 53.4. The molecule has 0 bridgehead atoms. The van der Waals surface area contributed by atoms with E-state index in [0.717, 1.165) is 0 Å². The average molecular weight is 190 g/mol. The van der Waals surface area contributed by atoms with E-state index in [0.29, 0.717) is 0 Å². The van der Waals surface area contributed by atoms with E-state index in [1.54, 1.807) is 0 Å². The summed E-state index contributed by atoms with van der Waals surface area (Å²) in [5.41, 5.74) is 0. The minimum absolute atomic E-state index is 0. The molecule has 0 atom stereocenters. The normalized spacial score (nSPS) is 3.43. The van der Waals surface area contributed by atoms with Crippen molar-refractivity contribution in [3.63, 3.8) is 0 Å². The van der Waals surface area contributed by atoms with Gasteiger partial charge in [0, 0.05) is 0 Å². The molecule has 37 valence electrons. The Morgan fingerprint density at radius 2 is 1.29 bits per heavy atom. The Morgan fingerprint density at radius 3 is 1.29 bits per heavy atom. The van der Waals surface area contributed by atoms with E-state index in [9.17, 15) is 0 Å². The summed E-state index contributed by atoms with van der Waals surface area (Å²) in [6, 6.07) is 0. The van der Waals surface area contributed by atoms with Gasteiger partial charge in [0.2, 0.25) is 0 Å². The van der Waals surface area contributed by atoms with Crippen LogP contribution in [0.1, 0.15) is 0 Å². The number of carbonyl (C=O) groups excluding carboxylic acids is 1. The van der Waals surface area contributed by atoms with Gasteiger partial charge in [-0.3, -0.25) is 0 Å². The number of carboxylic acid groups (broad SMARTS) is 2. The summed E-state index contributed by atoms with van der Waals surface area (Å²) in [4.78, 5) is 8.33. The van der Waals surface area contributed by atoms with Gasteiger partial charge in [-0.05, 0) is 6.16 Å². The van der Waals surface area contributed by atoms with Crippen molar-refractivity contribution in [1.29, 1.82) is 0 Å². The minimum Gasteiger partial charge on any atom is -1.00 e. The molecule has 7 heavy (non-hydrogen) atoms. The predicted octanol–water partition coefficient (Wildman–Crippen LogP) is -5.83. The average Bonchev–Trinajstić information content (AvgIpc) is 0.811. The third kappa shape index (κ3) is 117. The molecule has 0 aliphatic heterocycles. The first kappa shape index (κ1) is 23.9. The monoisotopic (exact) mass is 190 g/mol. The van der Waals surface area contributed by atoms with Crippen LogP contribution in [0, 0.1) is 0 Å². The van der Waals surface area contributed by atoms with Gasteiger partial charge in [0.1, 0.15) is 0 Å². The summed E-state index contributed by atoms with van der Waals surface area (Å²) in [5, 5.41) is 16.7. The molecule has 0 fully saturated rings. The van der Waals surface area contributed by atoms with Crippen LogP contribution in [0.4, 0.5) is 4.79 Å². The zero-order valence-electron chi connectivity index (χ0n) is 3.19. The second-order valence-corrected chi connectivity index (χ2v) is 0.250. The van der Waals surface area contributed by atoms with Gasteiger partial charge in [-0.25, -0.2) is 0 Å². The van der Waals surface area contributed by atoms with Crippen LogP contribution in [0.2, 0.25) is 0 Å². The molecule has 0 aromatic heterocycles. The Labute approximate surface area is 87.4 Å². The molecule has 0 N–H and O–H groups in total. The first-order valence-corrected chi connectivity index (χ1v) is 0.612. The van der Waals surface area contributed by atoms with Crippen LogP contribution in [-0.2, 0) is 17.1 Å². The maximum absolute atomic E-state index is 8.33. The molecule has 3 nitrogen and oxygen atoms in total. The minimum atomic E-state index is -2.33. The van der Waals surface area contributed by atoms with Crippen LogP contribution in [0.15, 0.2) is 0 Å². The Balaban J connectivity index is -0.0000000150. The fourth-order valence-electron chi connectivity index (χ4n) is 0. The standard InChI is InChI=1S/CH2O3.Ca.ClH.Mn/c2-1(3)4;;;/h(H2,2,3,4);;1H;/q;+2;;+2/p-3. The van der Waals surface area contributed by atoms with Gasteiger partial charge < -0.3 is 27.4 Å². The molecule has 0 aromatic carbocycles. The van der Waals surface area contributed by atoms with Crippen LogP contribution in [0.5, 0.6) is 0 Å². The first-order chi connectivity index (χ1) is 1.73. The van der Waals surface area contributed by atoms with Gasteiger partial charge in [-0.1, -0.05) is 0 Å². The van der Waals surface area contributed by atoms with Crippen molar-refractivity contribution in [2.45, 2.75) is 0 Å². The molecule has 1 radical (unpaired) electrons. The molecule has 0 rings (SSSR count). The van der Waals surface area contributed by atoms with Crippen molar-refractivity contribution in [3.05, 3.63) is 0 Å². The molecule has 0 heterocycles. The van der Waals surface area contributed by atoms with Crippen LogP contribution >= 0.6 is 0 Å². The van der Waals surface area contributed by atoms with Gasteiger partial charge in [-0.15, -0.1) is 0 Å². The van der Waals surface area contributed by atoms with Crippen molar-refractivity contribution in [2.24, 2.45) is 0 Å².